The molecule has 0 bridgehead atoms. The molecule has 3 saturated heterocycles. The van der Waals surface area contributed by atoms with Crippen molar-refractivity contribution in [1.82, 2.24) is 35.0 Å². The zero-order chi connectivity index (χ0) is 53.1. The Morgan fingerprint density at radius 2 is 1.66 bits per heavy atom. The molecule has 20 nitrogen and oxygen atoms in total. The van der Waals surface area contributed by atoms with Gasteiger partial charge < -0.3 is 59.0 Å². The van der Waals surface area contributed by atoms with E-state index in [1.807, 2.05) is 44.7 Å². The summed E-state index contributed by atoms with van der Waals surface area (Å²) in [5.74, 6) is -3.32. The number of aromatic nitrogens is 5. The lowest BCUT2D eigenvalue weighted by Crippen LogP contribution is -2.62. The Kier molecular flexibility index (Phi) is 19.8. The fraction of sp³-hybridized carbons (Fsp3) is 0.857. The first kappa shape index (κ1) is 59.0. The van der Waals surface area contributed by atoms with Gasteiger partial charge in [0.2, 0.25) is 0 Å². The third-order valence-electron chi connectivity index (χ3n) is 15.8. The third kappa shape index (κ3) is 13.7. The predicted octanol–water partition coefficient (Wildman–Crippen LogP) is 2.33. The van der Waals surface area contributed by atoms with Gasteiger partial charge in [-0.2, -0.15) is 5.10 Å². The van der Waals surface area contributed by atoms with Crippen LogP contribution in [0.3, 0.4) is 0 Å². The fourth-order valence-corrected chi connectivity index (χ4v) is 11.9. The van der Waals surface area contributed by atoms with Crippen molar-refractivity contribution in [2.75, 3.05) is 47.2 Å². The summed E-state index contributed by atoms with van der Waals surface area (Å²) in [6.07, 6.45) is -4.74. The van der Waals surface area contributed by atoms with E-state index in [4.69, 9.17) is 23.7 Å². The molecular formula is C49H84FN7O13S. The molecule has 0 spiro atoms. The summed E-state index contributed by atoms with van der Waals surface area (Å²) in [6.45, 7) is 17.7. The van der Waals surface area contributed by atoms with Gasteiger partial charge in [-0.05, 0) is 98.9 Å². The van der Waals surface area contributed by atoms with E-state index in [2.05, 4.69) is 20.5 Å². The normalized spacial score (nSPS) is 40.2. The van der Waals surface area contributed by atoms with Crippen LogP contribution in [0.4, 0.5) is 4.39 Å². The van der Waals surface area contributed by atoms with Gasteiger partial charge >= 0.3 is 5.97 Å². The maximum Gasteiger partial charge on any atom is 0.309 e. The number of rotatable bonds is 14. The Morgan fingerprint density at radius 3 is 2.25 bits per heavy atom. The van der Waals surface area contributed by atoms with Crippen LogP contribution in [0.2, 0.25) is 0 Å². The molecule has 1 unspecified atom stereocenters. The number of likely N-dealkylation sites (N-methyl/N-ethyl adjacent to an activating group) is 2. The first-order valence-electron chi connectivity index (χ1n) is 25.1. The van der Waals surface area contributed by atoms with Crippen molar-refractivity contribution in [3.8, 4) is 0 Å². The number of nitrogens with zero attached hydrogens (tertiary/aromatic N) is 7. The third-order valence-corrected chi connectivity index (χ3v) is 16.8. The average Bonchev–Trinajstić information content (AvgIpc) is 3.78. The van der Waals surface area contributed by atoms with Gasteiger partial charge in [0.1, 0.15) is 36.7 Å². The molecule has 2 aromatic rings. The maximum absolute atomic E-state index is 14.6. The lowest BCUT2D eigenvalue weighted by molar-refractivity contribution is -0.302. The Bertz CT molecular complexity index is 2140. The van der Waals surface area contributed by atoms with E-state index in [0.717, 1.165) is 6.26 Å². The minimum atomic E-state index is -3.55. The molecule has 5 N–H and O–H groups in total. The zero-order valence-electron chi connectivity index (χ0n) is 44.3. The van der Waals surface area contributed by atoms with E-state index in [1.54, 1.807) is 47.7 Å². The average molecular weight is 1030 g/mol. The van der Waals surface area contributed by atoms with Gasteiger partial charge in [0.25, 0.3) is 0 Å². The molecule has 0 aliphatic carbocycles. The second kappa shape index (κ2) is 23.8. The predicted molar refractivity (Wildman–Crippen MR) is 259 cm³/mol. The van der Waals surface area contributed by atoms with Gasteiger partial charge in [-0.1, -0.05) is 32.9 Å². The van der Waals surface area contributed by atoms with Crippen LogP contribution in [-0.4, -0.2) is 206 Å². The van der Waals surface area contributed by atoms with Crippen molar-refractivity contribution in [1.29, 1.82) is 0 Å². The Labute approximate surface area is 419 Å². The topological polar surface area (TPSA) is 261 Å². The molecule has 0 aromatic carbocycles. The second-order valence-corrected chi connectivity index (χ2v) is 23.8. The molecule has 19 atom stereocenters. The molecular weight excluding hydrogens is 946 g/mol. The van der Waals surface area contributed by atoms with Gasteiger partial charge in [0, 0.05) is 69.9 Å². The molecule has 5 rings (SSSR count). The number of carbonyl (C=O) groups excluding carboxylic acids is 1. The Hall–Kier alpha value is -2.87. The number of cyclic esters (lactones) is 1. The van der Waals surface area contributed by atoms with Crippen molar-refractivity contribution < 1.29 is 66.8 Å². The number of aliphatic hydroxyl groups excluding tert-OH is 3. The van der Waals surface area contributed by atoms with Crippen molar-refractivity contribution in [2.24, 2.45) is 23.7 Å². The van der Waals surface area contributed by atoms with Crippen LogP contribution < -0.4 is 0 Å². The lowest BCUT2D eigenvalue weighted by atomic mass is 9.68. The first-order valence-corrected chi connectivity index (χ1v) is 27.0. The second-order valence-electron chi connectivity index (χ2n) is 21.9. The minimum Gasteiger partial charge on any atom is -0.459 e. The summed E-state index contributed by atoms with van der Waals surface area (Å²) in [6, 6.07) is 0.979. The van der Waals surface area contributed by atoms with Crippen molar-refractivity contribution in [3.05, 3.63) is 29.7 Å². The van der Waals surface area contributed by atoms with Crippen LogP contribution in [0.5, 0.6) is 0 Å². The number of halogens is 1. The van der Waals surface area contributed by atoms with Crippen molar-refractivity contribution in [2.45, 2.75) is 203 Å². The monoisotopic (exact) mass is 1030 g/mol. The largest absolute Gasteiger partial charge is 0.459 e. The number of sulfone groups is 1. The van der Waals surface area contributed by atoms with Crippen LogP contribution in [0.1, 0.15) is 112 Å². The van der Waals surface area contributed by atoms with Gasteiger partial charge in [0.15, 0.2) is 21.2 Å². The van der Waals surface area contributed by atoms with Crippen LogP contribution in [0, 0.1) is 23.7 Å². The van der Waals surface area contributed by atoms with Crippen LogP contribution in [0.25, 0.3) is 0 Å². The van der Waals surface area contributed by atoms with Crippen molar-refractivity contribution >= 4 is 15.8 Å². The SMILES string of the molecule is CC[C@H]1OC(=O)[C@H](C)C([C@H]2C[C@@](C)(OC)[C@@H](O)[C@H](C)O2)[C@H](C)[C@@H](O[C@@H]2O[C@H](C)C[C@H](N(C)CCc3cn([C@H](CF)Cc4ccc(S(C)(=O)=O)nn4)nn3)[C@H]2O)[C@](C)(O)C[C@@H](C)CN(C)[C@H](C)[C@@H](O)[C@]1(C)O. The molecule has 0 amide bonds. The quantitative estimate of drug-likeness (QED) is 0.170. The van der Waals surface area contributed by atoms with Gasteiger partial charge in [-0.3, -0.25) is 4.79 Å². The maximum atomic E-state index is 14.6. The number of aliphatic hydroxyl groups is 5. The molecule has 0 radical (unpaired) electrons. The Morgan fingerprint density at radius 1 is 0.986 bits per heavy atom. The van der Waals surface area contributed by atoms with E-state index in [0.29, 0.717) is 37.3 Å². The first-order chi connectivity index (χ1) is 33.0. The summed E-state index contributed by atoms with van der Waals surface area (Å²) in [5.41, 5.74) is -3.59. The van der Waals surface area contributed by atoms with E-state index in [-0.39, 0.29) is 36.6 Å². The number of esters is 1. The van der Waals surface area contributed by atoms with Crippen LogP contribution in [0.15, 0.2) is 23.4 Å². The highest BCUT2D eigenvalue weighted by molar-refractivity contribution is 7.90. The summed E-state index contributed by atoms with van der Waals surface area (Å²) < 4.78 is 71.5. The van der Waals surface area contributed by atoms with Crippen molar-refractivity contribution in [3.63, 3.8) is 0 Å². The molecule has 3 fully saturated rings. The molecule has 22 heteroatoms. The molecule has 0 saturated carbocycles. The highest BCUT2D eigenvalue weighted by atomic mass is 32.2. The van der Waals surface area contributed by atoms with E-state index in [9.17, 15) is 43.1 Å². The number of carbonyl (C=O) groups is 1. The number of alkyl halides is 1. The summed E-state index contributed by atoms with van der Waals surface area (Å²) in [4.78, 5) is 18.5. The summed E-state index contributed by atoms with van der Waals surface area (Å²) >= 11 is 0. The van der Waals surface area contributed by atoms with Gasteiger partial charge in [-0.15, -0.1) is 10.2 Å². The smallest absolute Gasteiger partial charge is 0.309 e. The number of hydrogen-bond donors (Lipinski definition) is 5. The van der Waals surface area contributed by atoms with Crippen LogP contribution in [-0.2, 0) is 51.2 Å². The standard InChI is InChI=1S/C49H84FN7O13S/c1-15-38-49(10,63)42(59)31(6)56(12)25-27(2)22-47(8,62)44(29(4)40(30(5)45(61)69-38)37-23-48(9,66-13)43(60)32(7)68-37)70-46-41(58)36(20-28(3)67-46)55(11)19-18-34-26-57(54-52-34)35(24-50)21-33-16-17-39(53-51-33)71(14,64)65/h16-17,26-32,35-38,40-44,46,58-60,62-63H,15,18-25H2,1-14H3/t27-,28-,29+,30-,31-,32+,35+,36+,37-,38-,40?,41-,42-,43+,44-,46+,47-,48-,49-/m1/s1. The number of hydrogen-bond acceptors (Lipinski definition) is 19. The number of methoxy groups -OCH3 is 1. The Balaban J connectivity index is 1.44. The van der Waals surface area contributed by atoms with E-state index >= 15 is 0 Å². The van der Waals surface area contributed by atoms with Gasteiger partial charge in [0.05, 0.1) is 59.0 Å². The molecule has 3 aliphatic rings. The highest BCUT2D eigenvalue weighted by Gasteiger charge is 2.55. The van der Waals surface area contributed by atoms with E-state index < -0.39 is 130 Å². The van der Waals surface area contributed by atoms with Gasteiger partial charge in [-0.25, -0.2) is 17.5 Å². The minimum absolute atomic E-state index is 0.102. The molecule has 2 aromatic heterocycles. The van der Waals surface area contributed by atoms with E-state index in [1.165, 1.54) is 30.8 Å². The molecule has 3 aliphatic heterocycles. The fourth-order valence-electron chi connectivity index (χ4n) is 11.4. The summed E-state index contributed by atoms with van der Waals surface area (Å²) in [7, 11) is 1.66. The highest BCUT2D eigenvalue weighted by Crippen LogP contribution is 2.45. The lowest BCUT2D eigenvalue weighted by Gasteiger charge is -2.51. The number of ether oxygens (including phenoxy) is 5. The molecule has 71 heavy (non-hydrogen) atoms. The zero-order valence-corrected chi connectivity index (χ0v) is 45.1. The molecule has 5 heterocycles. The summed E-state index contributed by atoms with van der Waals surface area (Å²) in [5, 5.41) is 76.0. The van der Waals surface area contributed by atoms with Crippen LogP contribution >= 0.6 is 0 Å². The molecule has 406 valence electrons.